The fourth-order valence-corrected chi connectivity index (χ4v) is 4.05. The van der Waals surface area contributed by atoms with Gasteiger partial charge in [0.2, 0.25) is 0 Å². The van der Waals surface area contributed by atoms with Gasteiger partial charge in [-0.05, 0) is 50.2 Å². The first kappa shape index (κ1) is 21.7. The van der Waals surface area contributed by atoms with Crippen LogP contribution in [-0.4, -0.2) is 43.4 Å². The van der Waals surface area contributed by atoms with Gasteiger partial charge in [0, 0.05) is 18.7 Å². The number of methoxy groups -OCH3 is 1. The first-order valence-corrected chi connectivity index (χ1v) is 10.5. The summed E-state index contributed by atoms with van der Waals surface area (Å²) < 4.78 is 18.9. The van der Waals surface area contributed by atoms with Crippen LogP contribution < -0.4 is 9.54 Å². The minimum absolute atomic E-state index is 0.379. The van der Waals surface area contributed by atoms with Crippen LogP contribution in [0.4, 0.5) is 0 Å². The number of carbonyl (C=O) groups excluding carboxylic acids is 2. The summed E-state index contributed by atoms with van der Waals surface area (Å²) in [5.74, 6) is -0.0900. The zero-order valence-electron chi connectivity index (χ0n) is 17.2. The highest BCUT2D eigenvalue weighted by Gasteiger charge is 2.14. The zero-order valence-corrected chi connectivity index (χ0v) is 18.0. The lowest BCUT2D eigenvalue weighted by atomic mass is 10.1. The van der Waals surface area contributed by atoms with Gasteiger partial charge in [-0.15, -0.1) is 0 Å². The molecule has 0 aliphatic heterocycles. The van der Waals surface area contributed by atoms with Crippen molar-refractivity contribution in [1.82, 2.24) is 4.57 Å². The van der Waals surface area contributed by atoms with Crippen LogP contribution in [-0.2, 0) is 16.0 Å². The molecule has 158 valence electrons. The number of fused-ring (bicyclic) bond motifs is 1. The summed E-state index contributed by atoms with van der Waals surface area (Å²) in [6, 6.07) is 12.1. The Kier molecular flexibility index (Phi) is 7.37. The van der Waals surface area contributed by atoms with Gasteiger partial charge in [-0.3, -0.25) is 4.79 Å². The average Bonchev–Trinajstić information content (AvgIpc) is 3.11. The lowest BCUT2D eigenvalue weighted by Crippen LogP contribution is -2.20. The van der Waals surface area contributed by atoms with Gasteiger partial charge in [0.05, 0.1) is 30.6 Å². The third-order valence-corrected chi connectivity index (χ3v) is 5.42. The third kappa shape index (κ3) is 4.77. The van der Waals surface area contributed by atoms with Gasteiger partial charge in [0.1, 0.15) is 11.3 Å². The van der Waals surface area contributed by atoms with Crippen molar-refractivity contribution < 1.29 is 23.8 Å². The van der Waals surface area contributed by atoms with Crippen LogP contribution in [0, 0.1) is 0 Å². The van der Waals surface area contributed by atoms with Gasteiger partial charge in [-0.25, -0.2) is 4.79 Å². The average molecular weight is 429 g/mol. The summed E-state index contributed by atoms with van der Waals surface area (Å²) in [6.07, 6.45) is 0. The van der Waals surface area contributed by atoms with Crippen LogP contribution in [0.5, 0.6) is 5.75 Å². The van der Waals surface area contributed by atoms with E-state index in [-0.39, 0.29) is 5.91 Å². The number of rotatable bonds is 8. The molecule has 7 nitrogen and oxygen atoms in total. The Balaban J connectivity index is 2.03. The highest BCUT2D eigenvalue weighted by Crippen LogP contribution is 2.27. The summed E-state index contributed by atoms with van der Waals surface area (Å²) in [6.45, 7) is 6.07. The molecule has 2 aromatic carbocycles. The van der Waals surface area contributed by atoms with E-state index in [1.807, 2.05) is 36.6 Å². The molecule has 1 heterocycles. The van der Waals surface area contributed by atoms with Gasteiger partial charge in [0.25, 0.3) is 5.91 Å². The lowest BCUT2D eigenvalue weighted by molar-refractivity contribution is 0.0600. The molecule has 0 saturated heterocycles. The number of esters is 1. The number of amides is 1. The van der Waals surface area contributed by atoms with Crippen LogP contribution in [0.3, 0.4) is 0 Å². The zero-order chi connectivity index (χ0) is 21.5. The van der Waals surface area contributed by atoms with Crippen molar-refractivity contribution in [2.75, 3.05) is 26.9 Å². The maximum atomic E-state index is 12.8. The third-order valence-electron chi connectivity index (χ3n) is 4.38. The molecule has 1 amide bonds. The number of nitrogens with zero attached hydrogens (tertiary/aromatic N) is 2. The SMILES string of the molecule is CCOCCn1c(=NC(=O)c2ccc(C(=O)OC)cc2)sc2cccc(OCC)c21. The van der Waals surface area contributed by atoms with E-state index in [9.17, 15) is 9.59 Å². The highest BCUT2D eigenvalue weighted by atomic mass is 32.1. The van der Waals surface area contributed by atoms with Crippen LogP contribution in [0.2, 0.25) is 0 Å². The van der Waals surface area contributed by atoms with E-state index < -0.39 is 5.97 Å². The fourth-order valence-electron chi connectivity index (χ4n) is 2.98. The maximum absolute atomic E-state index is 12.8. The summed E-state index contributed by atoms with van der Waals surface area (Å²) in [5.41, 5.74) is 1.67. The Morgan fingerprint density at radius 2 is 1.77 bits per heavy atom. The number of benzene rings is 2. The van der Waals surface area contributed by atoms with E-state index in [2.05, 4.69) is 9.73 Å². The van der Waals surface area contributed by atoms with Crippen LogP contribution in [0.15, 0.2) is 47.5 Å². The topological polar surface area (TPSA) is 79.1 Å². The van der Waals surface area contributed by atoms with E-state index in [1.54, 1.807) is 24.3 Å². The largest absolute Gasteiger partial charge is 0.492 e. The molecule has 8 heteroatoms. The van der Waals surface area contributed by atoms with Crippen LogP contribution in [0.25, 0.3) is 10.2 Å². The van der Waals surface area contributed by atoms with Crippen molar-refractivity contribution in [3.8, 4) is 5.75 Å². The molecule has 0 unspecified atom stereocenters. The summed E-state index contributed by atoms with van der Waals surface area (Å²) in [7, 11) is 1.32. The molecular formula is C22H24N2O5S. The number of aromatic nitrogens is 1. The Morgan fingerprint density at radius 1 is 1.03 bits per heavy atom. The number of ether oxygens (including phenoxy) is 3. The van der Waals surface area contributed by atoms with Crippen molar-refractivity contribution in [2.45, 2.75) is 20.4 Å². The van der Waals surface area contributed by atoms with Gasteiger partial charge in [0.15, 0.2) is 4.80 Å². The predicted molar refractivity (Wildman–Crippen MR) is 115 cm³/mol. The van der Waals surface area contributed by atoms with Crippen LogP contribution >= 0.6 is 11.3 Å². The standard InChI is InChI=1S/C22H24N2O5S/c1-4-28-14-13-24-19-17(29-5-2)7-6-8-18(19)30-22(24)23-20(25)15-9-11-16(12-10-15)21(26)27-3/h6-12H,4-5,13-14H2,1-3H3. The Hall–Kier alpha value is -2.97. The second kappa shape index (κ2) is 10.2. The van der Waals surface area contributed by atoms with Crippen LogP contribution in [0.1, 0.15) is 34.6 Å². The normalized spacial score (nSPS) is 11.6. The summed E-state index contributed by atoms with van der Waals surface area (Å²) >= 11 is 1.42. The number of hydrogen-bond acceptors (Lipinski definition) is 6. The maximum Gasteiger partial charge on any atom is 0.337 e. The molecule has 30 heavy (non-hydrogen) atoms. The number of hydrogen-bond donors (Lipinski definition) is 0. The second-order valence-corrected chi connectivity index (χ2v) is 7.26. The van der Waals surface area contributed by atoms with E-state index in [0.29, 0.717) is 42.3 Å². The van der Waals surface area contributed by atoms with Gasteiger partial charge in [-0.2, -0.15) is 4.99 Å². The smallest absolute Gasteiger partial charge is 0.337 e. The molecule has 0 radical (unpaired) electrons. The minimum Gasteiger partial charge on any atom is -0.492 e. The first-order chi connectivity index (χ1) is 14.6. The molecule has 3 aromatic rings. The van der Waals surface area contributed by atoms with E-state index in [0.717, 1.165) is 16.0 Å². The van der Waals surface area contributed by atoms with E-state index >= 15 is 0 Å². The predicted octanol–water partition coefficient (Wildman–Crippen LogP) is 3.67. The first-order valence-electron chi connectivity index (χ1n) is 9.69. The van der Waals surface area contributed by atoms with Crippen molar-refractivity contribution in [3.63, 3.8) is 0 Å². The number of carbonyl (C=O) groups is 2. The molecule has 0 saturated carbocycles. The number of para-hydroxylation sites is 1. The summed E-state index contributed by atoms with van der Waals surface area (Å²) in [4.78, 5) is 29.3. The molecule has 0 fully saturated rings. The van der Waals surface area contributed by atoms with Gasteiger partial charge in [-0.1, -0.05) is 17.4 Å². The molecule has 0 aliphatic carbocycles. The Morgan fingerprint density at radius 3 is 2.43 bits per heavy atom. The molecule has 3 rings (SSSR count). The van der Waals surface area contributed by atoms with Crippen molar-refractivity contribution in [2.24, 2.45) is 4.99 Å². The second-order valence-electron chi connectivity index (χ2n) is 6.25. The molecule has 0 aliphatic rings. The van der Waals surface area contributed by atoms with Crippen molar-refractivity contribution >= 4 is 33.4 Å². The molecule has 0 bridgehead atoms. The van der Waals surface area contributed by atoms with Gasteiger partial charge < -0.3 is 18.8 Å². The molecule has 0 spiro atoms. The molecule has 0 N–H and O–H groups in total. The minimum atomic E-state index is -0.451. The highest BCUT2D eigenvalue weighted by molar-refractivity contribution is 7.16. The number of thiazole rings is 1. The fraction of sp³-hybridized carbons (Fsp3) is 0.318. The Labute approximate surface area is 178 Å². The monoisotopic (exact) mass is 428 g/mol. The Bertz CT molecular complexity index is 1100. The van der Waals surface area contributed by atoms with E-state index in [1.165, 1.54) is 18.4 Å². The van der Waals surface area contributed by atoms with Crippen molar-refractivity contribution in [3.05, 3.63) is 58.4 Å². The molecular weight excluding hydrogens is 404 g/mol. The molecule has 0 atom stereocenters. The van der Waals surface area contributed by atoms with E-state index in [4.69, 9.17) is 9.47 Å². The lowest BCUT2D eigenvalue weighted by Gasteiger charge is -2.09. The quantitative estimate of drug-likeness (QED) is 0.404. The molecule has 1 aromatic heterocycles. The van der Waals surface area contributed by atoms with Gasteiger partial charge >= 0.3 is 5.97 Å². The van der Waals surface area contributed by atoms with Crippen molar-refractivity contribution in [1.29, 1.82) is 0 Å². The summed E-state index contributed by atoms with van der Waals surface area (Å²) in [5, 5.41) is 0.